The number of nitrogen functional groups attached to an aromatic ring is 1. The number of hydrogen-bond acceptors (Lipinski definition) is 11. The highest BCUT2D eigenvalue weighted by atomic mass is 32.1. The van der Waals surface area contributed by atoms with E-state index in [4.69, 9.17) is 27.6 Å². The number of anilines is 2. The highest BCUT2D eigenvalue weighted by molar-refractivity contribution is 7.71. The van der Waals surface area contributed by atoms with E-state index in [0.29, 0.717) is 5.56 Å². The molecule has 15 heteroatoms. The summed E-state index contributed by atoms with van der Waals surface area (Å²) in [6.45, 7) is 2.05. The van der Waals surface area contributed by atoms with Gasteiger partial charge in [-0.1, -0.05) is 36.4 Å². The molecule has 0 fully saturated rings. The Labute approximate surface area is 246 Å². The molecule has 2 amide bonds. The van der Waals surface area contributed by atoms with E-state index in [9.17, 15) is 24.0 Å². The van der Waals surface area contributed by atoms with E-state index < -0.39 is 34.7 Å². The number of aromatic carboxylic acids is 1. The Hall–Kier alpha value is -5.70. The van der Waals surface area contributed by atoms with Crippen LogP contribution in [-0.4, -0.2) is 37.4 Å². The first-order chi connectivity index (χ1) is 20.5. The number of hydrogen-bond donors (Lipinski definition) is 5. The quantitative estimate of drug-likeness (QED) is 0.115. The van der Waals surface area contributed by atoms with Crippen LogP contribution in [0.3, 0.4) is 0 Å². The Bertz CT molecular complexity index is 2020. The van der Waals surface area contributed by atoms with E-state index in [1.54, 1.807) is 43.3 Å². The number of fused-ring (bicyclic) bond motifs is 1. The van der Waals surface area contributed by atoms with Gasteiger partial charge in [-0.15, -0.1) is 0 Å². The van der Waals surface area contributed by atoms with E-state index in [1.807, 2.05) is 0 Å². The molecule has 0 aliphatic carbocycles. The van der Waals surface area contributed by atoms with Gasteiger partial charge in [0.1, 0.15) is 22.8 Å². The number of carboxylic acid groups (broad SMARTS) is 1. The topological polar surface area (TPSA) is 211 Å². The lowest BCUT2D eigenvalue weighted by molar-refractivity contribution is 0.0696. The van der Waals surface area contributed by atoms with Crippen LogP contribution in [0.4, 0.5) is 11.4 Å². The molecule has 0 spiro atoms. The zero-order valence-corrected chi connectivity index (χ0v) is 23.2. The number of benzene rings is 2. The van der Waals surface area contributed by atoms with Crippen molar-refractivity contribution < 1.29 is 24.0 Å². The van der Waals surface area contributed by atoms with Crippen LogP contribution in [0.2, 0.25) is 0 Å². The summed E-state index contributed by atoms with van der Waals surface area (Å²) in [5.74, 6) is -2.35. The molecular weight excluding hydrogens is 578 g/mol. The van der Waals surface area contributed by atoms with Crippen molar-refractivity contribution in [3.8, 4) is 0 Å². The summed E-state index contributed by atoms with van der Waals surface area (Å²) in [5, 5.41) is 21.2. The van der Waals surface area contributed by atoms with E-state index >= 15 is 0 Å². The van der Waals surface area contributed by atoms with Crippen molar-refractivity contribution >= 4 is 47.2 Å². The molecular formula is C28H23N7O7S. The molecule has 14 nitrogen and oxygen atoms in total. The summed E-state index contributed by atoms with van der Waals surface area (Å²) in [6.07, 6.45) is 0. The van der Waals surface area contributed by atoms with Gasteiger partial charge >= 0.3 is 10.8 Å². The molecule has 2 aromatic heterocycles. The molecule has 0 aliphatic rings. The maximum Gasteiger partial charge on any atom is 0.335 e. The van der Waals surface area contributed by atoms with Gasteiger partial charge in [-0.2, -0.15) is 0 Å². The molecule has 43 heavy (non-hydrogen) atoms. The highest BCUT2D eigenvalue weighted by Crippen LogP contribution is 2.16. The molecule has 1 atom stereocenters. The zero-order valence-electron chi connectivity index (χ0n) is 22.4. The first-order valence-corrected chi connectivity index (χ1v) is 13.2. The SMILES string of the molecule is C[C@@H](NC(=O)c1cc(C(=O)NCc2cccc(CNc3c(N)c(=O)c3=O)c2)n2c(=S)onc2n1)c1ccc(C(=O)O)cc1. The first kappa shape index (κ1) is 28.8. The van der Waals surface area contributed by atoms with Gasteiger partial charge in [0.2, 0.25) is 0 Å². The van der Waals surface area contributed by atoms with Crippen LogP contribution in [0, 0.1) is 4.84 Å². The summed E-state index contributed by atoms with van der Waals surface area (Å²) in [7, 11) is 0. The Morgan fingerprint density at radius 1 is 1.02 bits per heavy atom. The van der Waals surface area contributed by atoms with Crippen LogP contribution in [0.15, 0.2) is 68.7 Å². The Balaban J connectivity index is 1.30. The lowest BCUT2D eigenvalue weighted by Crippen LogP contribution is -2.36. The smallest absolute Gasteiger partial charge is 0.335 e. The zero-order chi connectivity index (χ0) is 30.8. The average Bonchev–Trinajstić information content (AvgIpc) is 3.39. The molecule has 0 aliphatic heterocycles. The van der Waals surface area contributed by atoms with Crippen LogP contribution < -0.4 is 32.5 Å². The molecule has 2 heterocycles. The summed E-state index contributed by atoms with van der Waals surface area (Å²) in [5.41, 5.74) is 6.30. The van der Waals surface area contributed by atoms with E-state index in [1.165, 1.54) is 22.6 Å². The van der Waals surface area contributed by atoms with Gasteiger partial charge in [0.15, 0.2) is 0 Å². The fourth-order valence-corrected chi connectivity index (χ4v) is 4.52. The molecule has 0 unspecified atom stereocenters. The minimum Gasteiger partial charge on any atom is -0.478 e. The first-order valence-electron chi connectivity index (χ1n) is 12.8. The standard InChI is InChI=1S/C28H23N7O7S/c1-13(16-5-7-17(8-6-16)26(40)41)32-24(38)18-10-19(35-27(33-18)34-42-28(35)43)25(39)31-12-15-4-2-3-14(9-15)11-30-21-20(29)22(36)23(21)37/h2-10,13,30H,11-12,29H2,1H3,(H,31,39)(H,32,38)(H,40,41)/t13-/m1/s1. The van der Waals surface area contributed by atoms with Crippen LogP contribution in [0.25, 0.3) is 5.78 Å². The van der Waals surface area contributed by atoms with Gasteiger partial charge < -0.3 is 31.3 Å². The third-order valence-corrected chi connectivity index (χ3v) is 6.91. The lowest BCUT2D eigenvalue weighted by atomic mass is 10.1. The van der Waals surface area contributed by atoms with Crippen molar-refractivity contribution in [2.45, 2.75) is 26.1 Å². The van der Waals surface area contributed by atoms with Crippen LogP contribution in [-0.2, 0) is 13.1 Å². The fourth-order valence-electron chi connectivity index (χ4n) is 4.30. The molecule has 6 N–H and O–H groups in total. The van der Waals surface area contributed by atoms with Crippen molar-refractivity contribution in [3.63, 3.8) is 0 Å². The van der Waals surface area contributed by atoms with Gasteiger partial charge in [0.25, 0.3) is 28.4 Å². The Morgan fingerprint density at radius 2 is 1.72 bits per heavy atom. The van der Waals surface area contributed by atoms with Crippen LogP contribution >= 0.6 is 12.2 Å². The molecule has 5 rings (SSSR count). The maximum absolute atomic E-state index is 13.3. The summed E-state index contributed by atoms with van der Waals surface area (Å²) < 4.78 is 6.22. The summed E-state index contributed by atoms with van der Waals surface area (Å²) in [4.78, 5) is 64.4. The summed E-state index contributed by atoms with van der Waals surface area (Å²) in [6, 6.07) is 13.9. The number of nitrogens with zero attached hydrogens (tertiary/aromatic N) is 3. The molecule has 5 aromatic rings. The number of nitrogens with one attached hydrogen (secondary N) is 3. The van der Waals surface area contributed by atoms with Gasteiger partial charge in [0, 0.05) is 13.1 Å². The second kappa shape index (κ2) is 11.7. The van der Waals surface area contributed by atoms with Gasteiger partial charge in [-0.3, -0.25) is 19.2 Å². The Morgan fingerprint density at radius 3 is 2.40 bits per heavy atom. The number of rotatable bonds is 10. The van der Waals surface area contributed by atoms with Crippen LogP contribution in [0.1, 0.15) is 61.0 Å². The molecule has 0 saturated heterocycles. The number of carboxylic acids is 1. The molecule has 0 radical (unpaired) electrons. The van der Waals surface area contributed by atoms with Gasteiger partial charge in [0.05, 0.1) is 11.6 Å². The van der Waals surface area contributed by atoms with Crippen molar-refractivity contribution in [1.82, 2.24) is 25.2 Å². The minimum atomic E-state index is -1.06. The van der Waals surface area contributed by atoms with Crippen LogP contribution in [0.5, 0.6) is 0 Å². The van der Waals surface area contributed by atoms with Crippen molar-refractivity contribution in [3.05, 3.63) is 114 Å². The predicted octanol–water partition coefficient (Wildman–Crippen LogP) is 1.96. The Kier molecular flexibility index (Phi) is 7.81. The van der Waals surface area contributed by atoms with Crippen molar-refractivity contribution in [1.29, 1.82) is 0 Å². The van der Waals surface area contributed by atoms with E-state index in [2.05, 4.69) is 26.1 Å². The lowest BCUT2D eigenvalue weighted by Gasteiger charge is -2.15. The normalized spacial score (nSPS) is 11.7. The minimum absolute atomic E-state index is 0.0340. The van der Waals surface area contributed by atoms with Gasteiger partial charge in [-0.25, -0.2) is 14.2 Å². The monoisotopic (exact) mass is 601 g/mol. The van der Waals surface area contributed by atoms with Crippen molar-refractivity contribution in [2.24, 2.45) is 0 Å². The molecule has 3 aromatic carbocycles. The van der Waals surface area contributed by atoms with E-state index in [-0.39, 0.29) is 52.0 Å². The third kappa shape index (κ3) is 5.87. The highest BCUT2D eigenvalue weighted by Gasteiger charge is 2.21. The number of nitrogens with two attached hydrogens (primary N) is 1. The second-order valence-electron chi connectivity index (χ2n) is 9.54. The number of aromatic nitrogens is 3. The molecule has 218 valence electrons. The summed E-state index contributed by atoms with van der Waals surface area (Å²) >= 11 is 5.16. The third-order valence-electron chi connectivity index (χ3n) is 6.65. The second-order valence-corrected chi connectivity index (χ2v) is 9.89. The fraction of sp³-hybridized carbons (Fsp3) is 0.143. The van der Waals surface area contributed by atoms with Crippen molar-refractivity contribution in [2.75, 3.05) is 11.1 Å². The maximum atomic E-state index is 13.3. The molecule has 0 bridgehead atoms. The molecule has 0 saturated carbocycles. The average molecular weight is 602 g/mol. The number of amides is 2. The van der Waals surface area contributed by atoms with E-state index in [0.717, 1.165) is 11.1 Å². The number of carbonyl (C=O) groups excluding carboxylic acids is 2. The number of carbonyl (C=O) groups is 3. The van der Waals surface area contributed by atoms with Gasteiger partial charge in [-0.05, 0) is 59.2 Å². The predicted molar refractivity (Wildman–Crippen MR) is 156 cm³/mol. The largest absolute Gasteiger partial charge is 0.478 e.